The highest BCUT2D eigenvalue weighted by Gasteiger charge is 2.42. The van der Waals surface area contributed by atoms with Crippen molar-refractivity contribution in [3.8, 4) is 5.75 Å². The van der Waals surface area contributed by atoms with Crippen LogP contribution in [0.5, 0.6) is 5.75 Å². The van der Waals surface area contributed by atoms with E-state index in [2.05, 4.69) is 11.4 Å². The first-order chi connectivity index (χ1) is 16.5. The zero-order valence-corrected chi connectivity index (χ0v) is 20.2. The number of carbonyl (C=O) groups is 2. The van der Waals surface area contributed by atoms with Gasteiger partial charge in [0.15, 0.2) is 0 Å². The number of hydrogen-bond donors (Lipinski definition) is 1. The molecule has 0 radical (unpaired) electrons. The quantitative estimate of drug-likeness (QED) is 0.575. The molecule has 6 nitrogen and oxygen atoms in total. The first-order valence-corrected chi connectivity index (χ1v) is 12.4. The van der Waals surface area contributed by atoms with E-state index >= 15 is 0 Å². The average molecular weight is 466 g/mol. The van der Waals surface area contributed by atoms with Crippen molar-refractivity contribution in [3.05, 3.63) is 65.2 Å². The van der Waals surface area contributed by atoms with Crippen LogP contribution in [0, 0.1) is 0 Å². The Morgan fingerprint density at radius 1 is 1.03 bits per heavy atom. The van der Waals surface area contributed by atoms with E-state index in [1.54, 1.807) is 12.1 Å². The number of methoxy groups -OCH3 is 1. The summed E-state index contributed by atoms with van der Waals surface area (Å²) < 4.78 is 16.7. The molecule has 0 bridgehead atoms. The third-order valence-electron chi connectivity index (χ3n) is 7.20. The summed E-state index contributed by atoms with van der Waals surface area (Å²) in [5.74, 6) is 0.462. The highest BCUT2D eigenvalue weighted by atomic mass is 16.5. The number of amides is 1. The molecule has 1 saturated carbocycles. The van der Waals surface area contributed by atoms with Crippen molar-refractivity contribution in [2.75, 3.05) is 20.3 Å². The molecule has 182 valence electrons. The third-order valence-corrected chi connectivity index (χ3v) is 7.20. The molecule has 2 aromatic carbocycles. The molecule has 1 amide bonds. The fourth-order valence-corrected chi connectivity index (χ4v) is 5.05. The maximum absolute atomic E-state index is 13.7. The summed E-state index contributed by atoms with van der Waals surface area (Å²) in [6.45, 7) is 3.05. The lowest BCUT2D eigenvalue weighted by Crippen LogP contribution is -2.48. The number of esters is 1. The van der Waals surface area contributed by atoms with Gasteiger partial charge in [-0.1, -0.05) is 30.7 Å². The number of ether oxygens (including phenoxy) is 3. The van der Waals surface area contributed by atoms with Crippen LogP contribution in [0.25, 0.3) is 0 Å². The summed E-state index contributed by atoms with van der Waals surface area (Å²) in [5.41, 5.74) is 1.73. The zero-order chi connectivity index (χ0) is 24.0. The highest BCUT2D eigenvalue weighted by Crippen LogP contribution is 2.38. The van der Waals surface area contributed by atoms with E-state index in [-0.39, 0.29) is 24.0 Å². The van der Waals surface area contributed by atoms with Gasteiger partial charge < -0.3 is 19.5 Å². The van der Waals surface area contributed by atoms with Crippen LogP contribution in [0.3, 0.4) is 0 Å². The van der Waals surface area contributed by atoms with Crippen LogP contribution in [0.1, 0.15) is 79.4 Å². The molecule has 1 atom stereocenters. The van der Waals surface area contributed by atoms with E-state index in [4.69, 9.17) is 14.2 Å². The highest BCUT2D eigenvalue weighted by molar-refractivity contribution is 5.90. The van der Waals surface area contributed by atoms with Gasteiger partial charge in [-0.25, -0.2) is 4.79 Å². The minimum Gasteiger partial charge on any atom is -0.490 e. The maximum Gasteiger partial charge on any atom is 0.337 e. The van der Waals surface area contributed by atoms with Crippen molar-refractivity contribution in [3.63, 3.8) is 0 Å². The summed E-state index contributed by atoms with van der Waals surface area (Å²) in [7, 11) is 1.36. The second-order valence-corrected chi connectivity index (χ2v) is 9.41. The Balaban J connectivity index is 1.52. The van der Waals surface area contributed by atoms with Crippen molar-refractivity contribution in [1.82, 2.24) is 5.32 Å². The van der Waals surface area contributed by atoms with E-state index in [0.29, 0.717) is 31.6 Å². The third kappa shape index (κ3) is 5.44. The van der Waals surface area contributed by atoms with Crippen LogP contribution in [0.4, 0.5) is 0 Å². The van der Waals surface area contributed by atoms with Gasteiger partial charge in [-0.15, -0.1) is 0 Å². The lowest BCUT2D eigenvalue weighted by atomic mass is 9.73. The zero-order valence-electron chi connectivity index (χ0n) is 20.2. The van der Waals surface area contributed by atoms with Gasteiger partial charge in [0.05, 0.1) is 30.2 Å². The van der Waals surface area contributed by atoms with Crippen LogP contribution in [0.2, 0.25) is 0 Å². The smallest absolute Gasteiger partial charge is 0.337 e. The molecule has 1 aliphatic heterocycles. The van der Waals surface area contributed by atoms with Crippen molar-refractivity contribution in [1.29, 1.82) is 0 Å². The lowest BCUT2D eigenvalue weighted by Gasteiger charge is -2.37. The topological polar surface area (TPSA) is 73.9 Å². The largest absolute Gasteiger partial charge is 0.490 e. The molecule has 1 unspecified atom stereocenters. The Labute approximate surface area is 202 Å². The number of nitrogens with one attached hydrogen (secondary N) is 1. The van der Waals surface area contributed by atoms with Crippen molar-refractivity contribution in [2.24, 2.45) is 0 Å². The molecular weight excluding hydrogens is 430 g/mol. The molecule has 1 aliphatic carbocycles. The van der Waals surface area contributed by atoms with Gasteiger partial charge in [0.25, 0.3) is 0 Å². The van der Waals surface area contributed by atoms with E-state index in [9.17, 15) is 9.59 Å². The van der Waals surface area contributed by atoms with E-state index in [1.807, 2.05) is 37.3 Å². The van der Waals surface area contributed by atoms with Gasteiger partial charge in [-0.3, -0.25) is 4.79 Å². The Morgan fingerprint density at radius 2 is 1.74 bits per heavy atom. The molecule has 34 heavy (non-hydrogen) atoms. The SMILES string of the molecule is COC(=O)c1ccc(C(C)NC(=O)C2(c3cccc(OC4CCCCC4)c3)CCOCC2)cc1. The fraction of sp³-hybridized carbons (Fsp3) is 0.500. The van der Waals surface area contributed by atoms with Crippen LogP contribution in [-0.2, 0) is 19.7 Å². The van der Waals surface area contributed by atoms with E-state index in [0.717, 1.165) is 29.7 Å². The molecular formula is C28H35NO5. The lowest BCUT2D eigenvalue weighted by molar-refractivity contribution is -0.131. The van der Waals surface area contributed by atoms with Crippen LogP contribution >= 0.6 is 0 Å². The van der Waals surface area contributed by atoms with Crippen LogP contribution in [0.15, 0.2) is 48.5 Å². The van der Waals surface area contributed by atoms with Gasteiger partial charge in [-0.05, 0) is 80.8 Å². The Bertz CT molecular complexity index is 975. The predicted octanol–water partition coefficient (Wildman–Crippen LogP) is 5.11. The summed E-state index contributed by atoms with van der Waals surface area (Å²) in [4.78, 5) is 25.5. The summed E-state index contributed by atoms with van der Waals surface area (Å²) in [5, 5.41) is 3.22. The molecule has 6 heteroatoms. The van der Waals surface area contributed by atoms with E-state index < -0.39 is 5.41 Å². The molecule has 1 saturated heterocycles. The Morgan fingerprint density at radius 3 is 2.41 bits per heavy atom. The monoisotopic (exact) mass is 465 g/mol. The Kier molecular flexibility index (Phi) is 7.88. The fourth-order valence-electron chi connectivity index (χ4n) is 5.05. The summed E-state index contributed by atoms with van der Waals surface area (Å²) in [6, 6.07) is 15.0. The normalized spacial score (nSPS) is 19.1. The number of hydrogen-bond acceptors (Lipinski definition) is 5. The molecule has 0 aromatic heterocycles. The van der Waals surface area contributed by atoms with Crippen molar-refractivity contribution >= 4 is 11.9 Å². The standard InChI is InChI=1S/C28H35NO5/c1-20(21-11-13-22(14-12-21)26(30)32-2)29-27(31)28(15-17-33-18-16-28)23-7-6-10-25(19-23)34-24-8-4-3-5-9-24/h6-7,10-14,19-20,24H,3-5,8-9,15-18H2,1-2H3,(H,29,31). The first-order valence-electron chi connectivity index (χ1n) is 12.4. The Hall–Kier alpha value is -2.86. The minimum absolute atomic E-state index is 0.00448. The van der Waals surface area contributed by atoms with Crippen LogP contribution < -0.4 is 10.1 Å². The first kappa shape index (κ1) is 24.3. The second kappa shape index (κ2) is 11.0. The molecule has 2 aromatic rings. The number of benzene rings is 2. The molecule has 2 fully saturated rings. The maximum atomic E-state index is 13.7. The van der Waals surface area contributed by atoms with Gasteiger partial charge in [0.2, 0.25) is 5.91 Å². The molecule has 0 spiro atoms. The van der Waals surface area contributed by atoms with Crippen molar-refractivity contribution < 1.29 is 23.8 Å². The predicted molar refractivity (Wildman–Crippen MR) is 130 cm³/mol. The van der Waals surface area contributed by atoms with Gasteiger partial charge >= 0.3 is 5.97 Å². The average Bonchev–Trinajstić information content (AvgIpc) is 2.89. The van der Waals surface area contributed by atoms with Crippen molar-refractivity contribution in [2.45, 2.75) is 69.4 Å². The summed E-state index contributed by atoms with van der Waals surface area (Å²) >= 11 is 0. The van der Waals surface area contributed by atoms with Gasteiger partial charge in [0.1, 0.15) is 5.75 Å². The van der Waals surface area contributed by atoms with Crippen LogP contribution in [-0.4, -0.2) is 38.3 Å². The number of rotatable bonds is 7. The second-order valence-electron chi connectivity index (χ2n) is 9.41. The molecule has 4 rings (SSSR count). The van der Waals surface area contributed by atoms with E-state index in [1.165, 1.54) is 26.4 Å². The molecule has 1 N–H and O–H groups in total. The number of carbonyl (C=O) groups excluding carboxylic acids is 2. The minimum atomic E-state index is -0.662. The van der Waals surface area contributed by atoms with Gasteiger partial charge in [0, 0.05) is 13.2 Å². The molecule has 2 aliphatic rings. The van der Waals surface area contributed by atoms with Gasteiger partial charge in [-0.2, -0.15) is 0 Å². The summed E-state index contributed by atoms with van der Waals surface area (Å²) in [6.07, 6.45) is 7.41. The molecule has 1 heterocycles.